The van der Waals surface area contributed by atoms with Crippen molar-refractivity contribution in [1.29, 1.82) is 0 Å². The van der Waals surface area contributed by atoms with E-state index in [4.69, 9.17) is 0 Å². The summed E-state index contributed by atoms with van der Waals surface area (Å²) >= 11 is 0. The second-order valence-corrected chi connectivity index (χ2v) is 10.6. The quantitative estimate of drug-likeness (QED) is 0.555. The summed E-state index contributed by atoms with van der Waals surface area (Å²) in [5.74, 6) is -1.21. The number of nitrogens with zero attached hydrogens (tertiary/aromatic N) is 4. The van der Waals surface area contributed by atoms with E-state index < -0.39 is 15.8 Å². The highest BCUT2D eigenvalue weighted by Crippen LogP contribution is 2.41. The molecule has 0 bridgehead atoms. The Kier molecular flexibility index (Phi) is 5.80. The zero-order chi connectivity index (χ0) is 24.9. The minimum absolute atomic E-state index is 0.0634. The van der Waals surface area contributed by atoms with Crippen LogP contribution < -0.4 is 4.31 Å². The largest absolute Gasteiger partial charge is 0.345 e. The first-order valence-electron chi connectivity index (χ1n) is 10.5. The van der Waals surface area contributed by atoms with Gasteiger partial charge in [0.05, 0.1) is 23.0 Å². The van der Waals surface area contributed by atoms with Crippen molar-refractivity contribution in [3.05, 3.63) is 70.2 Å². The Hall–Kier alpha value is -3.53. The molecule has 0 spiro atoms. The van der Waals surface area contributed by atoms with E-state index in [1.54, 1.807) is 39.3 Å². The molecular formula is C24H25FN4O4S. The Morgan fingerprint density at radius 3 is 2.56 bits per heavy atom. The number of halogens is 1. The van der Waals surface area contributed by atoms with E-state index in [1.807, 2.05) is 0 Å². The number of amides is 2. The summed E-state index contributed by atoms with van der Waals surface area (Å²) < 4.78 is 40.0. The molecule has 2 aromatic carbocycles. The monoisotopic (exact) mass is 484 g/mol. The van der Waals surface area contributed by atoms with Crippen molar-refractivity contribution in [2.75, 3.05) is 31.7 Å². The summed E-state index contributed by atoms with van der Waals surface area (Å²) in [6, 6.07) is 7.42. The molecule has 0 unspecified atom stereocenters. The van der Waals surface area contributed by atoms with E-state index in [9.17, 15) is 22.4 Å². The summed E-state index contributed by atoms with van der Waals surface area (Å²) in [4.78, 5) is 33.5. The molecule has 8 nitrogen and oxygen atoms in total. The smallest absolute Gasteiger partial charge is 0.255 e. The Labute approximate surface area is 197 Å². The van der Waals surface area contributed by atoms with Crippen LogP contribution in [0, 0.1) is 12.7 Å². The lowest BCUT2D eigenvalue weighted by Gasteiger charge is -2.23. The first-order chi connectivity index (χ1) is 15.9. The van der Waals surface area contributed by atoms with Gasteiger partial charge in [-0.05, 0) is 42.3 Å². The fourth-order valence-corrected chi connectivity index (χ4v) is 4.91. The van der Waals surface area contributed by atoms with Crippen LogP contribution in [0.15, 0.2) is 36.5 Å². The first-order valence-corrected chi connectivity index (χ1v) is 12.4. The first kappa shape index (κ1) is 23.6. The molecule has 1 aliphatic rings. The Morgan fingerprint density at radius 2 is 1.91 bits per heavy atom. The molecule has 0 saturated heterocycles. The van der Waals surface area contributed by atoms with E-state index in [-0.39, 0.29) is 30.5 Å². The van der Waals surface area contributed by atoms with Gasteiger partial charge >= 0.3 is 0 Å². The molecule has 0 radical (unpaired) electrons. The van der Waals surface area contributed by atoms with Crippen LogP contribution >= 0.6 is 0 Å². The van der Waals surface area contributed by atoms with Gasteiger partial charge in [-0.2, -0.15) is 0 Å². The lowest BCUT2D eigenvalue weighted by Crippen LogP contribution is -2.28. The molecule has 3 aromatic rings. The number of sulfonamides is 1. The van der Waals surface area contributed by atoms with Crippen molar-refractivity contribution >= 4 is 38.4 Å². The molecule has 0 N–H and O–H groups in total. The van der Waals surface area contributed by atoms with E-state index in [0.29, 0.717) is 38.8 Å². The second-order valence-electron chi connectivity index (χ2n) is 8.62. The van der Waals surface area contributed by atoms with Crippen molar-refractivity contribution < 1.29 is 22.4 Å². The van der Waals surface area contributed by atoms with Gasteiger partial charge in [-0.15, -0.1) is 0 Å². The maximum absolute atomic E-state index is 13.9. The molecule has 0 atom stereocenters. The van der Waals surface area contributed by atoms with Crippen LogP contribution in [0.1, 0.15) is 37.4 Å². The average molecular weight is 485 g/mol. The lowest BCUT2D eigenvalue weighted by molar-refractivity contribution is 0.0757. The Bertz CT molecular complexity index is 1450. The van der Waals surface area contributed by atoms with Gasteiger partial charge in [0.15, 0.2) is 0 Å². The molecular weight excluding hydrogens is 459 g/mol. The van der Waals surface area contributed by atoms with Crippen LogP contribution in [0.4, 0.5) is 10.1 Å². The van der Waals surface area contributed by atoms with Crippen LogP contribution in [-0.4, -0.2) is 62.4 Å². The molecule has 1 aliphatic heterocycles. The van der Waals surface area contributed by atoms with E-state index in [2.05, 4.69) is 4.98 Å². The van der Waals surface area contributed by atoms with Gasteiger partial charge in [-0.25, -0.2) is 12.8 Å². The highest BCUT2D eigenvalue weighted by atomic mass is 32.2. The van der Waals surface area contributed by atoms with Crippen LogP contribution in [0.2, 0.25) is 0 Å². The number of aryl methyl sites for hydroxylation is 1. The Morgan fingerprint density at radius 1 is 1.21 bits per heavy atom. The predicted octanol–water partition coefficient (Wildman–Crippen LogP) is 2.94. The van der Waals surface area contributed by atoms with Gasteiger partial charge in [0, 0.05) is 56.9 Å². The van der Waals surface area contributed by atoms with Crippen LogP contribution in [0.5, 0.6) is 0 Å². The van der Waals surface area contributed by atoms with Crippen molar-refractivity contribution in [2.24, 2.45) is 0 Å². The zero-order valence-corrected chi connectivity index (χ0v) is 20.4. The van der Waals surface area contributed by atoms with Gasteiger partial charge in [0.1, 0.15) is 5.82 Å². The maximum Gasteiger partial charge on any atom is 0.255 e. The summed E-state index contributed by atoms with van der Waals surface area (Å²) in [6.45, 7) is 1.99. The predicted molar refractivity (Wildman–Crippen MR) is 128 cm³/mol. The van der Waals surface area contributed by atoms with Crippen molar-refractivity contribution in [3.8, 4) is 0 Å². The number of carbonyl (C=O) groups is 2. The van der Waals surface area contributed by atoms with E-state index >= 15 is 0 Å². The number of hydrogen-bond donors (Lipinski definition) is 0. The minimum Gasteiger partial charge on any atom is -0.345 e. The van der Waals surface area contributed by atoms with Crippen molar-refractivity contribution in [2.45, 2.75) is 20.0 Å². The molecule has 10 heteroatoms. The number of pyridine rings is 1. The number of hydrogen-bond acceptors (Lipinski definition) is 5. The van der Waals surface area contributed by atoms with Gasteiger partial charge in [-0.1, -0.05) is 6.07 Å². The third-order valence-electron chi connectivity index (χ3n) is 6.11. The zero-order valence-electron chi connectivity index (χ0n) is 19.6. The highest BCUT2D eigenvalue weighted by Gasteiger charge is 2.36. The number of fused-ring (bicyclic) bond motifs is 2. The van der Waals surface area contributed by atoms with Crippen molar-refractivity contribution in [1.82, 2.24) is 14.8 Å². The molecule has 178 valence electrons. The highest BCUT2D eigenvalue weighted by molar-refractivity contribution is 7.92. The van der Waals surface area contributed by atoms with Gasteiger partial charge < -0.3 is 9.80 Å². The Balaban J connectivity index is 1.85. The SMILES string of the molecule is Cc1c2c(c(N(C)S(C)(=O)=O)c3cccnc13)CN(Cc1ccc(F)cc1C(=O)N(C)C)C2=O. The number of rotatable bonds is 5. The topological polar surface area (TPSA) is 90.9 Å². The van der Waals surface area contributed by atoms with Crippen LogP contribution in [-0.2, 0) is 23.1 Å². The fraction of sp³-hybridized carbons (Fsp3) is 0.292. The van der Waals surface area contributed by atoms with Gasteiger partial charge in [0.25, 0.3) is 11.8 Å². The summed E-state index contributed by atoms with van der Waals surface area (Å²) in [7, 11) is 0.973. The normalized spacial score (nSPS) is 13.4. The minimum atomic E-state index is -3.62. The van der Waals surface area contributed by atoms with Crippen LogP contribution in [0.25, 0.3) is 10.9 Å². The molecule has 2 amide bonds. The van der Waals surface area contributed by atoms with E-state index in [1.165, 1.54) is 33.3 Å². The third kappa shape index (κ3) is 3.87. The number of aromatic nitrogens is 1. The number of carbonyl (C=O) groups excluding carboxylic acids is 2. The maximum atomic E-state index is 13.9. The summed E-state index contributed by atoms with van der Waals surface area (Å²) in [6.07, 6.45) is 2.70. The molecule has 0 aliphatic carbocycles. The van der Waals surface area contributed by atoms with Gasteiger partial charge in [0.2, 0.25) is 10.0 Å². The number of anilines is 1. The third-order valence-corrected chi connectivity index (χ3v) is 7.29. The molecule has 0 saturated carbocycles. The fourth-order valence-electron chi connectivity index (χ4n) is 4.37. The van der Waals surface area contributed by atoms with E-state index in [0.717, 1.165) is 12.3 Å². The summed E-state index contributed by atoms with van der Waals surface area (Å²) in [5, 5.41) is 0.631. The van der Waals surface area contributed by atoms with Crippen molar-refractivity contribution in [3.63, 3.8) is 0 Å². The molecule has 0 fully saturated rings. The molecule has 34 heavy (non-hydrogen) atoms. The second kappa shape index (κ2) is 8.35. The number of benzene rings is 2. The average Bonchev–Trinajstić information content (AvgIpc) is 3.09. The van der Waals surface area contributed by atoms with Gasteiger partial charge in [-0.3, -0.25) is 18.9 Å². The molecule has 4 rings (SSSR count). The lowest BCUT2D eigenvalue weighted by atomic mass is 9.97. The summed E-state index contributed by atoms with van der Waals surface area (Å²) in [5.41, 5.74) is 3.27. The standard InChI is InChI=1S/C24H25FN4O4S/c1-14-20-19(22(28(4)34(5,32)33)17-7-6-10-26-21(14)17)13-29(24(20)31)12-15-8-9-16(25)11-18(15)23(30)27(2)3/h6-11H,12-13H2,1-5H3. The molecule has 2 heterocycles. The molecule has 1 aromatic heterocycles. The van der Waals surface area contributed by atoms with Crippen LogP contribution in [0.3, 0.4) is 0 Å².